The molecule has 0 aliphatic carbocycles. The van der Waals surface area contributed by atoms with Crippen LogP contribution in [0.4, 0.5) is 18.9 Å². The fourth-order valence-corrected chi connectivity index (χ4v) is 5.53. The first-order valence-electron chi connectivity index (χ1n) is 14.5. The van der Waals surface area contributed by atoms with E-state index in [-0.39, 0.29) is 17.7 Å². The summed E-state index contributed by atoms with van der Waals surface area (Å²) in [5.41, 5.74) is 2.48. The van der Waals surface area contributed by atoms with Gasteiger partial charge in [0.25, 0.3) is 5.91 Å². The molecule has 0 atom stereocenters. The summed E-state index contributed by atoms with van der Waals surface area (Å²) < 4.78 is 43.5. The van der Waals surface area contributed by atoms with Gasteiger partial charge in [-0.05, 0) is 73.5 Å². The lowest BCUT2D eigenvalue weighted by Gasteiger charge is -2.35. The highest BCUT2D eigenvalue weighted by atomic mass is 19.4. The van der Waals surface area contributed by atoms with E-state index in [1.807, 2.05) is 18.3 Å². The molecule has 1 N–H and O–H groups in total. The van der Waals surface area contributed by atoms with Crippen LogP contribution in [0.2, 0.25) is 0 Å². The number of nitrogens with one attached hydrogen (secondary N) is 1. The van der Waals surface area contributed by atoms with Gasteiger partial charge in [-0.1, -0.05) is 18.2 Å². The maximum Gasteiger partial charge on any atom is 0.416 e. The number of benzene rings is 2. The Balaban J connectivity index is 1.04. The van der Waals surface area contributed by atoms with Crippen LogP contribution in [0.1, 0.15) is 39.9 Å². The Hall–Kier alpha value is -3.96. The average molecular weight is 596 g/mol. The molecule has 2 aliphatic rings. The van der Waals surface area contributed by atoms with Crippen LogP contribution in [0.25, 0.3) is 0 Å². The SMILES string of the molecule is COc1ccc(CN2CCC(C(=O)Nc3ccc(C(=O)N4CCN(Cc5ccc(C(F)(F)F)cc5)CC4)cc3)CC2)cn1. The molecule has 228 valence electrons. The minimum atomic E-state index is -4.34. The maximum absolute atomic E-state index is 13.1. The van der Waals surface area contributed by atoms with Gasteiger partial charge in [0.05, 0.1) is 12.7 Å². The molecule has 11 heteroatoms. The van der Waals surface area contributed by atoms with Gasteiger partial charge < -0.3 is 15.0 Å². The number of aromatic nitrogens is 1. The lowest BCUT2D eigenvalue weighted by atomic mass is 9.95. The molecule has 2 aliphatic heterocycles. The van der Waals surface area contributed by atoms with E-state index < -0.39 is 11.7 Å². The van der Waals surface area contributed by atoms with Crippen molar-refractivity contribution in [1.29, 1.82) is 0 Å². The molecule has 2 aromatic carbocycles. The summed E-state index contributed by atoms with van der Waals surface area (Å²) in [5.74, 6) is 0.443. The second-order valence-electron chi connectivity index (χ2n) is 11.1. The zero-order valence-corrected chi connectivity index (χ0v) is 24.1. The smallest absolute Gasteiger partial charge is 0.416 e. The molecule has 2 amide bonds. The molecule has 1 aromatic heterocycles. The Labute approximate surface area is 249 Å². The highest BCUT2D eigenvalue weighted by Crippen LogP contribution is 2.29. The zero-order chi connectivity index (χ0) is 30.4. The van der Waals surface area contributed by atoms with E-state index in [0.717, 1.165) is 55.7 Å². The molecule has 0 spiro atoms. The maximum atomic E-state index is 13.1. The van der Waals surface area contributed by atoms with Crippen LogP contribution in [0.15, 0.2) is 66.9 Å². The van der Waals surface area contributed by atoms with Gasteiger partial charge in [0.15, 0.2) is 0 Å². The van der Waals surface area contributed by atoms with Crippen molar-refractivity contribution in [2.45, 2.75) is 32.1 Å². The Morgan fingerprint density at radius 3 is 2.02 bits per heavy atom. The number of amides is 2. The van der Waals surface area contributed by atoms with Crippen LogP contribution < -0.4 is 10.1 Å². The van der Waals surface area contributed by atoms with E-state index in [4.69, 9.17) is 4.74 Å². The number of piperidine rings is 1. The van der Waals surface area contributed by atoms with Crippen LogP contribution in [-0.4, -0.2) is 77.9 Å². The molecule has 5 rings (SSSR count). The third-order valence-electron chi connectivity index (χ3n) is 8.12. The number of hydrogen-bond donors (Lipinski definition) is 1. The highest BCUT2D eigenvalue weighted by Gasteiger charge is 2.30. The second-order valence-corrected chi connectivity index (χ2v) is 11.1. The number of rotatable bonds is 8. The molecule has 0 radical (unpaired) electrons. The van der Waals surface area contributed by atoms with E-state index in [9.17, 15) is 22.8 Å². The number of carbonyl (C=O) groups is 2. The van der Waals surface area contributed by atoms with Crippen molar-refractivity contribution in [2.24, 2.45) is 5.92 Å². The van der Waals surface area contributed by atoms with Crippen molar-refractivity contribution < 1.29 is 27.5 Å². The normalized spacial score (nSPS) is 17.1. The number of pyridine rings is 1. The predicted octanol–water partition coefficient (Wildman–Crippen LogP) is 4.92. The summed E-state index contributed by atoms with van der Waals surface area (Å²) in [6, 6.07) is 16.1. The molecule has 2 saturated heterocycles. The van der Waals surface area contributed by atoms with Gasteiger partial charge in [0.2, 0.25) is 11.8 Å². The molecule has 2 fully saturated rings. The molecule has 43 heavy (non-hydrogen) atoms. The fourth-order valence-electron chi connectivity index (χ4n) is 5.53. The van der Waals surface area contributed by atoms with Crippen molar-refractivity contribution in [1.82, 2.24) is 19.7 Å². The molecule has 3 aromatic rings. The van der Waals surface area contributed by atoms with Gasteiger partial charge >= 0.3 is 6.18 Å². The molecule has 0 unspecified atom stereocenters. The van der Waals surface area contributed by atoms with Crippen molar-refractivity contribution in [2.75, 3.05) is 51.7 Å². The van der Waals surface area contributed by atoms with Crippen LogP contribution >= 0.6 is 0 Å². The number of hydrogen-bond acceptors (Lipinski definition) is 6. The van der Waals surface area contributed by atoms with E-state index >= 15 is 0 Å². The molecule has 3 heterocycles. The van der Waals surface area contributed by atoms with Gasteiger partial charge in [-0.15, -0.1) is 0 Å². The Morgan fingerprint density at radius 1 is 0.837 bits per heavy atom. The topological polar surface area (TPSA) is 78.0 Å². The standard InChI is InChI=1S/C32H36F3N5O3/c1-43-29-11-4-24(20-36-29)22-38-14-12-25(13-15-38)30(41)37-28-9-5-26(6-10-28)31(42)40-18-16-39(17-19-40)21-23-2-7-27(8-3-23)32(33,34)35/h2-11,20,25H,12-19,21-22H2,1H3,(H,37,41). The number of carbonyl (C=O) groups excluding carboxylic acids is 2. The van der Waals surface area contributed by atoms with E-state index in [1.54, 1.807) is 36.3 Å². The van der Waals surface area contributed by atoms with Crippen molar-refractivity contribution >= 4 is 17.5 Å². The highest BCUT2D eigenvalue weighted by molar-refractivity contribution is 5.96. The first kappa shape index (κ1) is 30.5. The zero-order valence-electron chi connectivity index (χ0n) is 24.1. The number of halogens is 3. The van der Waals surface area contributed by atoms with Gasteiger partial charge in [-0.2, -0.15) is 13.2 Å². The number of alkyl halides is 3. The fraction of sp³-hybridized carbons (Fsp3) is 0.406. The van der Waals surface area contributed by atoms with Gasteiger partial charge in [-0.25, -0.2) is 4.98 Å². The van der Waals surface area contributed by atoms with E-state index in [0.29, 0.717) is 49.9 Å². The third-order valence-corrected chi connectivity index (χ3v) is 8.12. The van der Waals surface area contributed by atoms with Crippen LogP contribution in [-0.2, 0) is 24.1 Å². The van der Waals surface area contributed by atoms with Crippen molar-refractivity contribution in [3.8, 4) is 5.88 Å². The lowest BCUT2D eigenvalue weighted by Crippen LogP contribution is -2.48. The Kier molecular flexibility index (Phi) is 9.62. The number of nitrogens with zero attached hydrogens (tertiary/aromatic N) is 4. The van der Waals surface area contributed by atoms with Crippen molar-refractivity contribution in [3.63, 3.8) is 0 Å². The molecular weight excluding hydrogens is 559 g/mol. The van der Waals surface area contributed by atoms with Crippen molar-refractivity contribution in [3.05, 3.63) is 89.1 Å². The quantitative estimate of drug-likeness (QED) is 0.399. The monoisotopic (exact) mass is 595 g/mol. The Morgan fingerprint density at radius 2 is 1.44 bits per heavy atom. The minimum absolute atomic E-state index is 0.00555. The summed E-state index contributed by atoms with van der Waals surface area (Å²) in [4.78, 5) is 36.5. The first-order valence-corrected chi connectivity index (χ1v) is 14.5. The van der Waals surface area contributed by atoms with E-state index in [1.165, 1.54) is 12.1 Å². The minimum Gasteiger partial charge on any atom is -0.481 e. The molecular formula is C32H36F3N5O3. The summed E-state index contributed by atoms with van der Waals surface area (Å²) >= 11 is 0. The van der Waals surface area contributed by atoms with Crippen LogP contribution in [0, 0.1) is 5.92 Å². The van der Waals surface area contributed by atoms with Gasteiger partial charge in [-0.3, -0.25) is 19.4 Å². The number of likely N-dealkylation sites (tertiary alicyclic amines) is 1. The number of anilines is 1. The van der Waals surface area contributed by atoms with Gasteiger partial charge in [0.1, 0.15) is 0 Å². The molecule has 0 saturated carbocycles. The first-order chi connectivity index (χ1) is 20.7. The summed E-state index contributed by atoms with van der Waals surface area (Å²) in [6.45, 7) is 5.32. The summed E-state index contributed by atoms with van der Waals surface area (Å²) in [5, 5.41) is 3.00. The number of piperazine rings is 1. The number of ether oxygens (including phenoxy) is 1. The van der Waals surface area contributed by atoms with Crippen LogP contribution in [0.5, 0.6) is 5.88 Å². The summed E-state index contributed by atoms with van der Waals surface area (Å²) in [6.07, 6.45) is -0.976. The van der Waals surface area contributed by atoms with Gasteiger partial charge in [0, 0.05) is 68.7 Å². The van der Waals surface area contributed by atoms with Crippen LogP contribution in [0.3, 0.4) is 0 Å². The average Bonchev–Trinajstić information content (AvgIpc) is 3.02. The second kappa shape index (κ2) is 13.6. The van der Waals surface area contributed by atoms with E-state index in [2.05, 4.69) is 20.1 Å². The largest absolute Gasteiger partial charge is 0.481 e. The Bertz CT molecular complexity index is 1370. The number of methoxy groups -OCH3 is 1. The molecule has 8 nitrogen and oxygen atoms in total. The lowest BCUT2D eigenvalue weighted by molar-refractivity contribution is -0.137. The summed E-state index contributed by atoms with van der Waals surface area (Å²) in [7, 11) is 1.59. The third kappa shape index (κ3) is 8.11. The molecule has 0 bridgehead atoms. The predicted molar refractivity (Wildman–Crippen MR) is 156 cm³/mol.